The molecule has 11 heteroatoms. The molecule has 0 bridgehead atoms. The summed E-state index contributed by atoms with van der Waals surface area (Å²) in [6, 6.07) is -1.69. The van der Waals surface area contributed by atoms with Crippen molar-refractivity contribution in [3.05, 3.63) is 0 Å². The van der Waals surface area contributed by atoms with Gasteiger partial charge in [-0.25, -0.2) is 0 Å². The average molecular weight is 366 g/mol. The number of nitrogens with two attached hydrogens (primary N) is 1. The molecule has 2 unspecified atom stereocenters. The van der Waals surface area contributed by atoms with Crippen LogP contribution in [0.3, 0.4) is 0 Å². The molecule has 0 aliphatic carbocycles. The number of carboxylic acids is 1. The summed E-state index contributed by atoms with van der Waals surface area (Å²) >= 11 is 5.48. The highest BCUT2D eigenvalue weighted by molar-refractivity contribution is 7.98. The van der Waals surface area contributed by atoms with E-state index in [0.717, 1.165) is 5.75 Å². The third-order valence-corrected chi connectivity index (χ3v) is 3.65. The number of amides is 3. The van der Waals surface area contributed by atoms with Gasteiger partial charge in [-0.05, 0) is 18.4 Å². The quantitative estimate of drug-likeness (QED) is 0.227. The number of carbonyl (C=O) groups excluding carboxylic acids is 3. The highest BCUT2D eigenvalue weighted by atomic mass is 32.2. The first-order valence-electron chi connectivity index (χ1n) is 6.73. The Balaban J connectivity index is 4.21. The lowest BCUT2D eigenvalue weighted by Gasteiger charge is -2.16. The van der Waals surface area contributed by atoms with Crippen LogP contribution in [0.2, 0.25) is 0 Å². The number of carboxylic acid groups (broad SMARTS) is 1. The van der Waals surface area contributed by atoms with Gasteiger partial charge in [0.2, 0.25) is 17.7 Å². The van der Waals surface area contributed by atoms with Gasteiger partial charge < -0.3 is 26.8 Å². The lowest BCUT2D eigenvalue weighted by Crippen LogP contribution is -2.52. The predicted octanol–water partition coefficient (Wildman–Crippen LogP) is -2.20. The van der Waals surface area contributed by atoms with E-state index in [4.69, 9.17) is 10.8 Å². The number of rotatable bonds is 11. The zero-order valence-electron chi connectivity index (χ0n) is 12.7. The molecule has 0 fully saturated rings. The summed E-state index contributed by atoms with van der Waals surface area (Å²) in [7, 11) is 0. The van der Waals surface area contributed by atoms with Crippen LogP contribution >= 0.6 is 24.4 Å². The van der Waals surface area contributed by atoms with Gasteiger partial charge in [-0.1, -0.05) is 0 Å². The largest absolute Gasteiger partial charge is 0.480 e. The van der Waals surface area contributed by atoms with E-state index in [-0.39, 0.29) is 12.3 Å². The van der Waals surface area contributed by atoms with Crippen LogP contribution in [0.4, 0.5) is 0 Å². The molecule has 0 saturated carbocycles. The summed E-state index contributed by atoms with van der Waals surface area (Å²) in [6.45, 7) is -0.887. The van der Waals surface area contributed by atoms with Crippen LogP contribution in [0, 0.1) is 0 Å². The number of aliphatic carboxylic acids is 1. The number of hydrogen-bond acceptors (Lipinski definition) is 7. The molecule has 0 heterocycles. The molecule has 0 aromatic carbocycles. The van der Waals surface area contributed by atoms with Crippen molar-refractivity contribution in [3.8, 4) is 0 Å². The Kier molecular flexibility index (Phi) is 11.3. The molecule has 0 rings (SSSR count). The van der Waals surface area contributed by atoms with Gasteiger partial charge in [0, 0.05) is 5.75 Å². The van der Waals surface area contributed by atoms with Crippen molar-refractivity contribution < 1.29 is 24.3 Å². The van der Waals surface area contributed by atoms with Gasteiger partial charge in [0.1, 0.15) is 12.6 Å². The first kappa shape index (κ1) is 21.5. The topological polar surface area (TPSA) is 151 Å². The Morgan fingerprint density at radius 2 is 1.78 bits per heavy atom. The van der Waals surface area contributed by atoms with E-state index in [9.17, 15) is 19.2 Å². The number of hydrogen-bond donors (Lipinski definition) is 6. The molecule has 132 valence electrons. The zero-order chi connectivity index (χ0) is 17.8. The monoisotopic (exact) mass is 366 g/mol. The minimum absolute atomic E-state index is 0.0155. The number of nitrogens with one attached hydrogen (secondary N) is 3. The van der Waals surface area contributed by atoms with Crippen molar-refractivity contribution in [2.75, 3.05) is 30.9 Å². The summed E-state index contributed by atoms with van der Waals surface area (Å²) in [5.74, 6) is -2.20. The van der Waals surface area contributed by atoms with E-state index in [1.165, 1.54) is 0 Å². The zero-order valence-corrected chi connectivity index (χ0v) is 14.4. The summed E-state index contributed by atoms with van der Waals surface area (Å²) in [4.78, 5) is 45.3. The van der Waals surface area contributed by atoms with E-state index >= 15 is 0 Å². The molecular weight excluding hydrogens is 344 g/mol. The second-order valence-electron chi connectivity index (χ2n) is 4.52. The Labute approximate surface area is 143 Å². The van der Waals surface area contributed by atoms with Crippen LogP contribution in [0.15, 0.2) is 0 Å². The molecular formula is C12H22N4O5S2. The van der Waals surface area contributed by atoms with Crippen LogP contribution in [0.5, 0.6) is 0 Å². The van der Waals surface area contributed by atoms with Gasteiger partial charge in [0.05, 0.1) is 12.6 Å². The van der Waals surface area contributed by atoms with E-state index in [1.807, 2.05) is 6.26 Å². The summed E-state index contributed by atoms with van der Waals surface area (Å²) < 4.78 is 0. The second-order valence-corrected chi connectivity index (χ2v) is 5.87. The van der Waals surface area contributed by atoms with Crippen LogP contribution in [-0.2, 0) is 19.2 Å². The van der Waals surface area contributed by atoms with E-state index < -0.39 is 42.3 Å². The third-order valence-electron chi connectivity index (χ3n) is 2.64. The fourth-order valence-electron chi connectivity index (χ4n) is 1.40. The molecule has 0 radical (unpaired) electrons. The van der Waals surface area contributed by atoms with E-state index in [1.54, 1.807) is 11.8 Å². The molecule has 0 aromatic rings. The lowest BCUT2D eigenvalue weighted by molar-refractivity contribution is -0.138. The van der Waals surface area contributed by atoms with Gasteiger partial charge in [-0.2, -0.15) is 24.4 Å². The van der Waals surface area contributed by atoms with Crippen LogP contribution in [0.25, 0.3) is 0 Å². The second kappa shape index (κ2) is 12.0. The smallest absolute Gasteiger partial charge is 0.322 e. The Morgan fingerprint density at radius 3 is 2.30 bits per heavy atom. The minimum Gasteiger partial charge on any atom is -0.480 e. The molecule has 23 heavy (non-hydrogen) atoms. The molecule has 0 aliphatic heterocycles. The lowest BCUT2D eigenvalue weighted by atomic mass is 10.2. The molecule has 0 aromatic heterocycles. The fraction of sp³-hybridized carbons (Fsp3) is 0.667. The Bertz CT molecular complexity index is 436. The molecule has 2 atom stereocenters. The van der Waals surface area contributed by atoms with Crippen molar-refractivity contribution in [1.82, 2.24) is 16.0 Å². The summed E-state index contributed by atoms with van der Waals surface area (Å²) in [6.07, 6.45) is 2.39. The van der Waals surface area contributed by atoms with Crippen molar-refractivity contribution in [2.24, 2.45) is 5.73 Å². The highest BCUT2D eigenvalue weighted by Gasteiger charge is 2.20. The maximum absolute atomic E-state index is 11.7. The summed E-state index contributed by atoms with van der Waals surface area (Å²) in [5.41, 5.74) is 5.64. The SMILES string of the molecule is CSCCC(N)C(=O)NCC(=O)NC(CS)C(=O)NCC(=O)O. The third kappa shape index (κ3) is 10.0. The fourth-order valence-corrected chi connectivity index (χ4v) is 2.15. The van der Waals surface area contributed by atoms with E-state index in [0.29, 0.717) is 6.42 Å². The molecule has 0 saturated heterocycles. The molecule has 9 nitrogen and oxygen atoms in total. The van der Waals surface area contributed by atoms with Crippen LogP contribution in [-0.4, -0.2) is 71.7 Å². The van der Waals surface area contributed by atoms with Crippen molar-refractivity contribution in [1.29, 1.82) is 0 Å². The standard InChI is InChI=1S/C12H22N4O5S2/c1-23-3-2-7(13)11(20)14-4-9(17)16-8(6-22)12(21)15-5-10(18)19/h7-8,22H,2-6,13H2,1H3,(H,14,20)(H,15,21)(H,16,17)(H,18,19). The summed E-state index contributed by atoms with van der Waals surface area (Å²) in [5, 5.41) is 15.3. The number of carbonyl (C=O) groups is 4. The first-order valence-corrected chi connectivity index (χ1v) is 8.76. The van der Waals surface area contributed by atoms with Gasteiger partial charge in [-0.3, -0.25) is 19.2 Å². The number of thioether (sulfide) groups is 1. The van der Waals surface area contributed by atoms with Gasteiger partial charge in [0.25, 0.3) is 0 Å². The Morgan fingerprint density at radius 1 is 1.17 bits per heavy atom. The molecule has 6 N–H and O–H groups in total. The molecule has 3 amide bonds. The number of thiol groups is 1. The van der Waals surface area contributed by atoms with Crippen molar-refractivity contribution in [2.45, 2.75) is 18.5 Å². The van der Waals surface area contributed by atoms with E-state index in [2.05, 4.69) is 28.6 Å². The van der Waals surface area contributed by atoms with Crippen molar-refractivity contribution >= 4 is 48.1 Å². The average Bonchev–Trinajstić information content (AvgIpc) is 2.52. The maximum atomic E-state index is 11.7. The first-order chi connectivity index (χ1) is 10.8. The molecule has 0 spiro atoms. The van der Waals surface area contributed by atoms with Crippen LogP contribution < -0.4 is 21.7 Å². The highest BCUT2D eigenvalue weighted by Crippen LogP contribution is 1.98. The molecule has 0 aliphatic rings. The predicted molar refractivity (Wildman–Crippen MR) is 90.4 cm³/mol. The van der Waals surface area contributed by atoms with Gasteiger partial charge in [-0.15, -0.1) is 0 Å². The minimum atomic E-state index is -1.20. The maximum Gasteiger partial charge on any atom is 0.322 e. The Hall–Kier alpha value is -1.46. The van der Waals surface area contributed by atoms with Gasteiger partial charge >= 0.3 is 5.97 Å². The van der Waals surface area contributed by atoms with Gasteiger partial charge in [0.15, 0.2) is 0 Å². The van der Waals surface area contributed by atoms with Crippen LogP contribution in [0.1, 0.15) is 6.42 Å². The van der Waals surface area contributed by atoms with Crippen molar-refractivity contribution in [3.63, 3.8) is 0 Å². The normalized spacial score (nSPS) is 12.8.